The molecule has 0 aliphatic heterocycles. The minimum Gasteiger partial charge on any atom is -0.417 e. The average Bonchev–Trinajstić information content (AvgIpc) is 3.06. The second-order valence-corrected chi connectivity index (χ2v) is 20.0. The highest BCUT2D eigenvalue weighted by Gasteiger charge is 2.61. The van der Waals surface area contributed by atoms with Gasteiger partial charge in [0.05, 0.1) is 6.10 Å². The predicted octanol–water partition coefficient (Wildman–Crippen LogP) is 8.22. The molecule has 0 amide bonds. The van der Waals surface area contributed by atoms with E-state index in [9.17, 15) is 5.11 Å². The van der Waals surface area contributed by atoms with Crippen molar-refractivity contribution < 1.29 is 9.53 Å². The molecule has 4 aliphatic carbocycles. The lowest BCUT2D eigenvalue weighted by atomic mass is 9.44. The Hall–Kier alpha value is -0.123. The summed E-state index contributed by atoms with van der Waals surface area (Å²) in [5.74, 6) is 3.96. The van der Waals surface area contributed by atoms with Gasteiger partial charge >= 0.3 is 0 Å². The Kier molecular flexibility index (Phi) is 6.45. The van der Waals surface area contributed by atoms with Crippen molar-refractivity contribution in [2.75, 3.05) is 6.61 Å². The molecule has 190 valence electrons. The molecule has 4 rings (SSSR count). The van der Waals surface area contributed by atoms with Crippen LogP contribution in [0.1, 0.15) is 100 Å². The van der Waals surface area contributed by atoms with Crippen LogP contribution in [-0.4, -0.2) is 26.1 Å². The topological polar surface area (TPSA) is 29.5 Å². The van der Waals surface area contributed by atoms with Gasteiger partial charge in [-0.05, 0) is 103 Å². The van der Waals surface area contributed by atoms with Crippen LogP contribution in [0.3, 0.4) is 0 Å². The first-order valence-corrected chi connectivity index (χ1v) is 17.0. The third kappa shape index (κ3) is 3.95. The van der Waals surface area contributed by atoms with Gasteiger partial charge in [0.2, 0.25) is 0 Å². The normalized spacial score (nSPS) is 43.8. The Morgan fingerprint density at radius 1 is 1.03 bits per heavy atom. The van der Waals surface area contributed by atoms with Crippen LogP contribution < -0.4 is 0 Å². The molecule has 0 spiro atoms. The third-order valence-electron chi connectivity index (χ3n) is 12.2. The summed E-state index contributed by atoms with van der Waals surface area (Å²) in [5, 5.41) is 11.1. The fourth-order valence-electron chi connectivity index (χ4n) is 9.04. The van der Waals surface area contributed by atoms with E-state index in [0.717, 1.165) is 36.7 Å². The van der Waals surface area contributed by atoms with Crippen molar-refractivity contribution in [3.63, 3.8) is 0 Å². The molecule has 3 saturated carbocycles. The molecular formula is C30H54O2Si. The van der Waals surface area contributed by atoms with Gasteiger partial charge in [-0.1, -0.05) is 67.0 Å². The molecule has 2 unspecified atom stereocenters. The monoisotopic (exact) mass is 474 g/mol. The fourth-order valence-corrected chi connectivity index (χ4v) is 10.2. The molecule has 33 heavy (non-hydrogen) atoms. The first kappa shape index (κ1) is 26.0. The Morgan fingerprint density at radius 3 is 2.33 bits per heavy atom. The van der Waals surface area contributed by atoms with E-state index in [1.165, 1.54) is 38.5 Å². The lowest BCUT2D eigenvalue weighted by Gasteiger charge is -2.61. The zero-order chi connectivity index (χ0) is 24.6. The van der Waals surface area contributed by atoms with Gasteiger partial charge < -0.3 is 9.53 Å². The van der Waals surface area contributed by atoms with Crippen LogP contribution in [0.25, 0.3) is 0 Å². The van der Waals surface area contributed by atoms with Crippen molar-refractivity contribution in [2.45, 2.75) is 125 Å². The van der Waals surface area contributed by atoms with Gasteiger partial charge in [-0.15, -0.1) is 0 Å². The SMILES string of the molecule is CC(CO[Si](C)(C)C(C)(C)C)[C@H]1CC[C@H]2[C@@H]3CC=C4C(C)(C)C(O)CC[C@]4(C)[C@H]3CC[C@]12C. The molecule has 0 aromatic heterocycles. The Morgan fingerprint density at radius 2 is 1.70 bits per heavy atom. The second-order valence-electron chi connectivity index (χ2n) is 15.2. The van der Waals surface area contributed by atoms with Gasteiger partial charge in [-0.25, -0.2) is 0 Å². The highest BCUT2D eigenvalue weighted by Crippen LogP contribution is 2.68. The molecule has 0 bridgehead atoms. The van der Waals surface area contributed by atoms with Crippen molar-refractivity contribution in [1.82, 2.24) is 0 Å². The lowest BCUT2D eigenvalue weighted by Crippen LogP contribution is -2.54. The lowest BCUT2D eigenvalue weighted by molar-refractivity contribution is -0.0794. The van der Waals surface area contributed by atoms with E-state index in [-0.39, 0.29) is 16.6 Å². The first-order valence-electron chi connectivity index (χ1n) is 14.1. The molecular weight excluding hydrogens is 420 g/mol. The van der Waals surface area contributed by atoms with E-state index in [4.69, 9.17) is 4.43 Å². The number of rotatable bonds is 4. The summed E-state index contributed by atoms with van der Waals surface area (Å²) in [5.41, 5.74) is 2.29. The van der Waals surface area contributed by atoms with Gasteiger partial charge in [0, 0.05) is 12.0 Å². The zero-order valence-electron chi connectivity index (χ0n) is 23.6. The maximum absolute atomic E-state index is 10.8. The van der Waals surface area contributed by atoms with Crippen molar-refractivity contribution in [2.24, 2.45) is 45.8 Å². The number of allylic oxidation sites excluding steroid dienone is 1. The van der Waals surface area contributed by atoms with E-state index < -0.39 is 8.32 Å². The second kappa shape index (κ2) is 8.20. The van der Waals surface area contributed by atoms with E-state index in [1.54, 1.807) is 5.57 Å². The van der Waals surface area contributed by atoms with Crippen molar-refractivity contribution in [1.29, 1.82) is 0 Å². The molecule has 3 heteroatoms. The van der Waals surface area contributed by atoms with Gasteiger partial charge in [-0.2, -0.15) is 0 Å². The minimum atomic E-state index is -1.69. The van der Waals surface area contributed by atoms with E-state index in [0.29, 0.717) is 16.7 Å². The van der Waals surface area contributed by atoms with Crippen molar-refractivity contribution in [3.8, 4) is 0 Å². The number of aliphatic hydroxyl groups is 1. The van der Waals surface area contributed by atoms with Crippen LogP contribution in [0, 0.1) is 45.8 Å². The van der Waals surface area contributed by atoms with Crippen LogP contribution in [0.4, 0.5) is 0 Å². The molecule has 3 fully saturated rings. The Balaban J connectivity index is 1.52. The largest absolute Gasteiger partial charge is 0.417 e. The van der Waals surface area contributed by atoms with Crippen LogP contribution in [0.2, 0.25) is 18.1 Å². The fraction of sp³-hybridized carbons (Fsp3) is 0.933. The van der Waals surface area contributed by atoms with E-state index in [2.05, 4.69) is 74.6 Å². The summed E-state index contributed by atoms with van der Waals surface area (Å²) in [4.78, 5) is 0. The number of aliphatic hydroxyl groups excluding tert-OH is 1. The standard InChI is InChI=1S/C30H54O2Si/c1-20(19-32-33(9,10)27(2,3)4)22-12-13-23-21-11-14-25-28(5,6)26(31)16-18-30(25,8)24(21)15-17-29(22,23)7/h14,20-24,26,31H,11-13,15-19H2,1-10H3/t20?,21-,22+,23-,24-,26?,29+,30+/m0/s1. The maximum Gasteiger partial charge on any atom is 0.191 e. The smallest absolute Gasteiger partial charge is 0.191 e. The molecule has 0 heterocycles. The van der Waals surface area contributed by atoms with Crippen LogP contribution >= 0.6 is 0 Å². The molecule has 8 atom stereocenters. The van der Waals surface area contributed by atoms with Crippen LogP contribution in [-0.2, 0) is 4.43 Å². The Labute approximate surface area is 206 Å². The summed E-state index contributed by atoms with van der Waals surface area (Å²) < 4.78 is 6.72. The van der Waals surface area contributed by atoms with Crippen molar-refractivity contribution in [3.05, 3.63) is 11.6 Å². The summed E-state index contributed by atoms with van der Waals surface area (Å²) >= 11 is 0. The van der Waals surface area contributed by atoms with Crippen LogP contribution in [0.5, 0.6) is 0 Å². The number of hydrogen-bond donors (Lipinski definition) is 1. The molecule has 0 aromatic rings. The quantitative estimate of drug-likeness (QED) is 0.328. The van der Waals surface area contributed by atoms with E-state index >= 15 is 0 Å². The Bertz CT molecular complexity index is 777. The van der Waals surface area contributed by atoms with Gasteiger partial charge in [0.25, 0.3) is 0 Å². The predicted molar refractivity (Wildman–Crippen MR) is 143 cm³/mol. The summed E-state index contributed by atoms with van der Waals surface area (Å²) in [6.07, 6.45) is 11.4. The maximum atomic E-state index is 10.8. The summed E-state index contributed by atoms with van der Waals surface area (Å²) in [7, 11) is -1.69. The molecule has 2 nitrogen and oxygen atoms in total. The molecule has 0 saturated heterocycles. The molecule has 0 aromatic carbocycles. The number of fused-ring (bicyclic) bond motifs is 5. The summed E-state index contributed by atoms with van der Waals surface area (Å²) in [6.45, 7) is 25.1. The van der Waals surface area contributed by atoms with Gasteiger partial charge in [0.1, 0.15) is 0 Å². The first-order chi connectivity index (χ1) is 15.1. The molecule has 0 radical (unpaired) electrons. The van der Waals surface area contributed by atoms with E-state index in [1.807, 2.05) is 0 Å². The highest BCUT2D eigenvalue weighted by molar-refractivity contribution is 6.74. The minimum absolute atomic E-state index is 0.0630. The number of hydrogen-bond acceptors (Lipinski definition) is 2. The van der Waals surface area contributed by atoms with Gasteiger partial charge in [-0.3, -0.25) is 0 Å². The summed E-state index contributed by atoms with van der Waals surface area (Å²) in [6, 6.07) is 0. The highest BCUT2D eigenvalue weighted by atomic mass is 28.4. The molecule has 4 aliphatic rings. The van der Waals surface area contributed by atoms with Crippen LogP contribution in [0.15, 0.2) is 11.6 Å². The van der Waals surface area contributed by atoms with Crippen molar-refractivity contribution >= 4 is 8.32 Å². The van der Waals surface area contributed by atoms with Gasteiger partial charge in [0.15, 0.2) is 8.32 Å². The molecule has 1 N–H and O–H groups in total. The zero-order valence-corrected chi connectivity index (χ0v) is 24.6. The third-order valence-corrected chi connectivity index (χ3v) is 16.7. The average molecular weight is 475 g/mol.